The van der Waals surface area contributed by atoms with Crippen molar-refractivity contribution in [3.8, 4) is 5.75 Å². The lowest BCUT2D eigenvalue weighted by Crippen LogP contribution is -2.25. The Morgan fingerprint density at radius 1 is 1.35 bits per heavy atom. The predicted molar refractivity (Wildman–Crippen MR) is 88.7 cm³/mol. The maximum absolute atomic E-state index is 11.7. The standard InChI is InChI=1S/C14H22N2O2S2/c1-9(2)18-12-11(15)13(10(3)17)20-14(12)16-5-4-7-19-8-6-16/h9H,4-8,15H2,1-3H3. The smallest absolute Gasteiger partial charge is 0.177 e. The first-order valence-electron chi connectivity index (χ1n) is 6.93. The van der Waals surface area contributed by atoms with Crippen LogP contribution in [-0.2, 0) is 0 Å². The van der Waals surface area contributed by atoms with Crippen molar-refractivity contribution in [2.45, 2.75) is 33.3 Å². The minimum absolute atomic E-state index is 0.0107. The van der Waals surface area contributed by atoms with Crippen molar-refractivity contribution < 1.29 is 9.53 Å². The van der Waals surface area contributed by atoms with Crippen LogP contribution in [0.3, 0.4) is 0 Å². The van der Waals surface area contributed by atoms with Crippen molar-refractivity contribution in [2.24, 2.45) is 0 Å². The van der Waals surface area contributed by atoms with E-state index in [1.807, 2.05) is 25.6 Å². The van der Waals surface area contributed by atoms with E-state index in [2.05, 4.69) is 4.90 Å². The van der Waals surface area contributed by atoms with E-state index in [9.17, 15) is 4.79 Å². The minimum atomic E-state index is 0.0107. The molecule has 0 amide bonds. The Labute approximate surface area is 128 Å². The third-order valence-corrected chi connectivity index (χ3v) is 5.46. The molecule has 0 spiro atoms. The van der Waals surface area contributed by atoms with E-state index in [0.29, 0.717) is 16.3 Å². The molecule has 0 bridgehead atoms. The number of thioether (sulfide) groups is 1. The summed E-state index contributed by atoms with van der Waals surface area (Å²) in [6, 6.07) is 0. The third-order valence-electron chi connectivity index (χ3n) is 3.07. The Morgan fingerprint density at radius 2 is 2.10 bits per heavy atom. The van der Waals surface area contributed by atoms with Crippen molar-refractivity contribution >= 4 is 39.6 Å². The molecule has 2 heterocycles. The van der Waals surface area contributed by atoms with Gasteiger partial charge in [0.05, 0.1) is 16.7 Å². The number of carbonyl (C=O) groups is 1. The first-order chi connectivity index (χ1) is 9.50. The highest BCUT2D eigenvalue weighted by Crippen LogP contribution is 2.46. The summed E-state index contributed by atoms with van der Waals surface area (Å²) in [7, 11) is 0. The second-order valence-electron chi connectivity index (χ2n) is 5.15. The quantitative estimate of drug-likeness (QED) is 0.865. The molecule has 0 saturated carbocycles. The van der Waals surface area contributed by atoms with Gasteiger partial charge in [-0.3, -0.25) is 4.79 Å². The normalized spacial score (nSPS) is 16.3. The number of hydrogen-bond donors (Lipinski definition) is 1. The van der Waals surface area contributed by atoms with E-state index < -0.39 is 0 Å². The molecule has 1 aromatic heterocycles. The number of Topliss-reactive ketones (excluding diaryl/α,β-unsaturated/α-hetero) is 1. The maximum atomic E-state index is 11.7. The van der Waals surface area contributed by atoms with Crippen LogP contribution < -0.4 is 15.4 Å². The van der Waals surface area contributed by atoms with Gasteiger partial charge in [-0.25, -0.2) is 0 Å². The molecule has 20 heavy (non-hydrogen) atoms. The minimum Gasteiger partial charge on any atom is -0.486 e. The number of ketones is 1. The van der Waals surface area contributed by atoms with E-state index in [1.54, 1.807) is 6.92 Å². The summed E-state index contributed by atoms with van der Waals surface area (Å²) in [5.74, 6) is 3.00. The van der Waals surface area contributed by atoms with Gasteiger partial charge in [0.25, 0.3) is 0 Å². The van der Waals surface area contributed by atoms with Crippen molar-refractivity contribution in [1.29, 1.82) is 0 Å². The molecule has 0 atom stereocenters. The van der Waals surface area contributed by atoms with Crippen LogP contribution in [0.2, 0.25) is 0 Å². The summed E-state index contributed by atoms with van der Waals surface area (Å²) in [6.07, 6.45) is 1.20. The number of nitrogens with zero attached hydrogens (tertiary/aromatic N) is 1. The second-order valence-corrected chi connectivity index (χ2v) is 7.38. The van der Waals surface area contributed by atoms with Crippen LogP contribution in [0.4, 0.5) is 10.7 Å². The van der Waals surface area contributed by atoms with E-state index >= 15 is 0 Å². The number of anilines is 2. The van der Waals surface area contributed by atoms with Crippen LogP contribution in [0.1, 0.15) is 36.9 Å². The topological polar surface area (TPSA) is 55.6 Å². The highest BCUT2D eigenvalue weighted by Gasteiger charge is 2.25. The predicted octanol–water partition coefficient (Wildman–Crippen LogP) is 3.26. The Bertz CT molecular complexity index is 478. The number of rotatable bonds is 4. The Morgan fingerprint density at radius 3 is 2.75 bits per heavy atom. The largest absolute Gasteiger partial charge is 0.486 e. The van der Waals surface area contributed by atoms with Crippen molar-refractivity contribution in [1.82, 2.24) is 0 Å². The second kappa shape index (κ2) is 6.72. The number of carbonyl (C=O) groups excluding carboxylic acids is 1. The lowest BCUT2D eigenvalue weighted by molar-refractivity contribution is 0.102. The third kappa shape index (κ3) is 3.41. The zero-order valence-electron chi connectivity index (χ0n) is 12.3. The molecule has 6 heteroatoms. The molecule has 0 radical (unpaired) electrons. The van der Waals surface area contributed by atoms with Gasteiger partial charge in [0, 0.05) is 25.8 Å². The molecule has 0 aromatic carbocycles. The van der Waals surface area contributed by atoms with Crippen LogP contribution in [0.5, 0.6) is 5.75 Å². The van der Waals surface area contributed by atoms with Crippen LogP contribution in [-0.4, -0.2) is 36.5 Å². The average molecular weight is 314 g/mol. The first-order valence-corrected chi connectivity index (χ1v) is 8.90. The van der Waals surface area contributed by atoms with Gasteiger partial charge >= 0.3 is 0 Å². The van der Waals surface area contributed by atoms with E-state index in [-0.39, 0.29) is 11.9 Å². The first kappa shape index (κ1) is 15.5. The highest BCUT2D eigenvalue weighted by atomic mass is 32.2. The van der Waals surface area contributed by atoms with Crippen LogP contribution in [0.25, 0.3) is 0 Å². The molecule has 1 fully saturated rings. The van der Waals surface area contributed by atoms with Crippen LogP contribution in [0.15, 0.2) is 0 Å². The fraction of sp³-hybridized carbons (Fsp3) is 0.643. The Balaban J connectivity index is 2.38. The van der Waals surface area contributed by atoms with E-state index in [4.69, 9.17) is 10.5 Å². The zero-order valence-corrected chi connectivity index (χ0v) is 13.9. The van der Waals surface area contributed by atoms with Gasteiger partial charge < -0.3 is 15.4 Å². The lowest BCUT2D eigenvalue weighted by Gasteiger charge is -2.22. The van der Waals surface area contributed by atoms with Gasteiger partial charge in [0.2, 0.25) is 0 Å². The van der Waals surface area contributed by atoms with Gasteiger partial charge in [-0.1, -0.05) is 0 Å². The van der Waals surface area contributed by atoms with Gasteiger partial charge in [0.1, 0.15) is 5.00 Å². The van der Waals surface area contributed by atoms with Crippen molar-refractivity contribution in [2.75, 3.05) is 35.2 Å². The van der Waals surface area contributed by atoms with Gasteiger partial charge in [-0.2, -0.15) is 11.8 Å². The molecule has 1 aromatic rings. The van der Waals surface area contributed by atoms with Crippen molar-refractivity contribution in [3.63, 3.8) is 0 Å². The molecule has 2 rings (SSSR count). The molecule has 0 unspecified atom stereocenters. The number of nitrogen functional groups attached to an aromatic ring is 1. The number of ether oxygens (including phenoxy) is 1. The maximum Gasteiger partial charge on any atom is 0.177 e. The lowest BCUT2D eigenvalue weighted by atomic mass is 10.3. The SMILES string of the molecule is CC(=O)c1sc(N2CCCSCC2)c(OC(C)C)c1N. The summed E-state index contributed by atoms with van der Waals surface area (Å²) in [6.45, 7) is 7.50. The molecular formula is C14H22N2O2S2. The molecular weight excluding hydrogens is 292 g/mol. The van der Waals surface area contributed by atoms with E-state index in [0.717, 1.165) is 30.3 Å². The summed E-state index contributed by atoms with van der Waals surface area (Å²) >= 11 is 3.44. The van der Waals surface area contributed by atoms with Gasteiger partial charge in [-0.15, -0.1) is 11.3 Å². The summed E-state index contributed by atoms with van der Waals surface area (Å²) < 4.78 is 5.89. The zero-order chi connectivity index (χ0) is 14.7. The molecule has 1 saturated heterocycles. The van der Waals surface area contributed by atoms with Crippen LogP contribution >= 0.6 is 23.1 Å². The van der Waals surface area contributed by atoms with Crippen LogP contribution in [0, 0.1) is 0 Å². The average Bonchev–Trinajstić information content (AvgIpc) is 2.57. The fourth-order valence-electron chi connectivity index (χ4n) is 2.18. The highest BCUT2D eigenvalue weighted by molar-refractivity contribution is 7.99. The summed E-state index contributed by atoms with van der Waals surface area (Å²) in [5, 5.41) is 1.02. The van der Waals surface area contributed by atoms with Gasteiger partial charge in [-0.05, 0) is 26.0 Å². The molecule has 1 aliphatic rings. The molecule has 2 N–H and O–H groups in total. The fourth-order valence-corrected chi connectivity index (χ4v) is 4.17. The molecule has 0 aliphatic carbocycles. The monoisotopic (exact) mass is 314 g/mol. The Kier molecular flexibility index (Phi) is 5.21. The Hall–Kier alpha value is -0.880. The summed E-state index contributed by atoms with van der Waals surface area (Å²) in [4.78, 5) is 14.6. The molecule has 1 aliphatic heterocycles. The van der Waals surface area contributed by atoms with E-state index in [1.165, 1.54) is 17.1 Å². The number of thiophene rings is 1. The van der Waals surface area contributed by atoms with Crippen molar-refractivity contribution in [3.05, 3.63) is 4.88 Å². The summed E-state index contributed by atoms with van der Waals surface area (Å²) in [5.41, 5.74) is 6.63. The molecule has 4 nitrogen and oxygen atoms in total. The number of hydrogen-bond acceptors (Lipinski definition) is 6. The number of nitrogens with two attached hydrogens (primary N) is 1. The molecule has 112 valence electrons. The van der Waals surface area contributed by atoms with Gasteiger partial charge in [0.15, 0.2) is 11.5 Å².